The normalized spacial score (nSPS) is 11.4. The minimum absolute atomic E-state index is 0.0149. The first-order chi connectivity index (χ1) is 11.6. The van der Waals surface area contributed by atoms with Crippen molar-refractivity contribution in [3.63, 3.8) is 0 Å². The van der Waals surface area contributed by atoms with E-state index in [9.17, 15) is 13.2 Å². The molecule has 10 heteroatoms. The van der Waals surface area contributed by atoms with Gasteiger partial charge in [0.05, 0.1) is 17.9 Å². The van der Waals surface area contributed by atoms with Crippen molar-refractivity contribution in [3.05, 3.63) is 40.6 Å². The van der Waals surface area contributed by atoms with Crippen LogP contribution in [0.5, 0.6) is 0 Å². The molecule has 138 valence electrons. The number of allylic oxidation sites excluding steroid dienone is 1. The number of thioether (sulfide) groups is 1. The van der Waals surface area contributed by atoms with Crippen LogP contribution in [0.2, 0.25) is 0 Å². The summed E-state index contributed by atoms with van der Waals surface area (Å²) in [5.74, 6) is 0.191. The number of carbonyl (C=O) groups excluding carboxylic acids is 1. The Labute approximate surface area is 151 Å². The van der Waals surface area contributed by atoms with E-state index < -0.39 is 10.1 Å². The van der Waals surface area contributed by atoms with E-state index in [-0.39, 0.29) is 28.0 Å². The third kappa shape index (κ3) is 10.3. The zero-order valence-corrected chi connectivity index (χ0v) is 15.6. The fourth-order valence-corrected chi connectivity index (χ4v) is 2.49. The zero-order valence-electron chi connectivity index (χ0n) is 13.9. The Morgan fingerprint density at radius 2 is 1.88 bits per heavy atom. The van der Waals surface area contributed by atoms with Gasteiger partial charge in [-0.25, -0.2) is 0 Å². The van der Waals surface area contributed by atoms with Crippen LogP contribution < -0.4 is 11.5 Å². The number of nitrogens with zero attached hydrogens (tertiary/aromatic N) is 1. The molecular weight excluding hydrogens is 366 g/mol. The van der Waals surface area contributed by atoms with Crippen LogP contribution in [0.25, 0.3) is 0 Å². The van der Waals surface area contributed by atoms with Gasteiger partial charge in [-0.05, 0) is 26.0 Å². The number of esters is 1. The van der Waals surface area contributed by atoms with Crippen LogP contribution in [0.1, 0.15) is 18.9 Å². The second kappa shape index (κ2) is 11.4. The van der Waals surface area contributed by atoms with Gasteiger partial charge in [-0.15, -0.1) is 11.8 Å². The molecule has 1 aromatic carbocycles. The first-order valence-corrected chi connectivity index (χ1v) is 9.52. The van der Waals surface area contributed by atoms with Crippen molar-refractivity contribution >= 4 is 27.8 Å². The van der Waals surface area contributed by atoms with Crippen LogP contribution in [0, 0.1) is 18.3 Å². The number of benzene rings is 1. The number of hydrogen-bond donors (Lipinski definition) is 3. The van der Waals surface area contributed by atoms with Gasteiger partial charge in [0.1, 0.15) is 16.8 Å². The van der Waals surface area contributed by atoms with E-state index in [2.05, 4.69) is 0 Å². The molecule has 0 amide bonds. The molecule has 1 rings (SSSR count). The highest BCUT2D eigenvalue weighted by molar-refractivity contribution is 8.03. The lowest BCUT2D eigenvalue weighted by atomic mass is 10.2. The molecule has 0 saturated heterocycles. The Morgan fingerprint density at radius 3 is 2.32 bits per heavy atom. The minimum Gasteiger partial charge on any atom is -0.466 e. The van der Waals surface area contributed by atoms with Gasteiger partial charge in [-0.2, -0.15) is 13.7 Å². The number of aryl methyl sites for hydroxylation is 1. The quantitative estimate of drug-likeness (QED) is 0.374. The Bertz CT molecular complexity index is 737. The van der Waals surface area contributed by atoms with Gasteiger partial charge in [-0.3, -0.25) is 9.35 Å². The first kappa shape index (κ1) is 22.8. The lowest BCUT2D eigenvalue weighted by Gasteiger charge is -2.02. The Kier molecular flexibility index (Phi) is 10.3. The number of nitriles is 1. The Morgan fingerprint density at radius 1 is 1.32 bits per heavy atom. The fraction of sp³-hybridized carbons (Fsp3) is 0.333. The summed E-state index contributed by atoms with van der Waals surface area (Å²) >= 11 is 1.17. The molecule has 5 N–H and O–H groups in total. The molecule has 0 aromatic heterocycles. The van der Waals surface area contributed by atoms with Gasteiger partial charge in [0, 0.05) is 5.75 Å². The average molecular weight is 387 g/mol. The molecule has 0 aliphatic carbocycles. The van der Waals surface area contributed by atoms with Crippen molar-refractivity contribution in [1.82, 2.24) is 0 Å². The monoisotopic (exact) mass is 387 g/mol. The largest absolute Gasteiger partial charge is 0.466 e. The number of nitrogens with two attached hydrogens (primary N) is 2. The first-order valence-electron chi connectivity index (χ1n) is 7.09. The number of hydrogen-bond acceptors (Lipinski definition) is 8. The minimum atomic E-state index is -4.02. The van der Waals surface area contributed by atoms with E-state index in [1.54, 1.807) is 25.1 Å². The maximum absolute atomic E-state index is 10.9. The summed E-state index contributed by atoms with van der Waals surface area (Å²) in [5, 5.41) is 8.63. The van der Waals surface area contributed by atoms with E-state index in [4.69, 9.17) is 26.0 Å². The lowest BCUT2D eigenvalue weighted by molar-refractivity contribution is -0.142. The molecule has 0 aliphatic heterocycles. The van der Waals surface area contributed by atoms with Gasteiger partial charge < -0.3 is 16.2 Å². The van der Waals surface area contributed by atoms with Crippen LogP contribution in [0.15, 0.2) is 39.9 Å². The van der Waals surface area contributed by atoms with Gasteiger partial charge in [-0.1, -0.05) is 17.7 Å². The second-order valence-corrected chi connectivity index (χ2v) is 7.14. The van der Waals surface area contributed by atoms with Crippen LogP contribution >= 0.6 is 11.8 Å². The standard InChI is InChI=1S/C8H13N3O2S.C7H8O3S/c1-2-13-7(12)3-4-14-8(11)6(10)5-9;1-6-2-4-7(5-3-6)11(8,9)10/h2-4,10-11H2,1H3;2-5H,1H3,(H,8,9,10). The SMILES string of the molecule is CCOC(=O)CCSC(N)=C(N)C#N.Cc1ccc(S(=O)(=O)O)cc1. The highest BCUT2D eigenvalue weighted by atomic mass is 32.2. The van der Waals surface area contributed by atoms with E-state index in [0.29, 0.717) is 12.4 Å². The summed E-state index contributed by atoms with van der Waals surface area (Å²) in [6.45, 7) is 3.95. The highest BCUT2D eigenvalue weighted by Crippen LogP contribution is 2.12. The van der Waals surface area contributed by atoms with Crippen molar-refractivity contribution < 1.29 is 22.5 Å². The molecule has 0 radical (unpaired) electrons. The smallest absolute Gasteiger partial charge is 0.306 e. The van der Waals surface area contributed by atoms with Gasteiger partial charge in [0.25, 0.3) is 10.1 Å². The molecule has 0 atom stereocenters. The van der Waals surface area contributed by atoms with Crippen molar-refractivity contribution in [1.29, 1.82) is 5.26 Å². The van der Waals surface area contributed by atoms with Crippen LogP contribution in [0.3, 0.4) is 0 Å². The van der Waals surface area contributed by atoms with E-state index >= 15 is 0 Å². The van der Waals surface area contributed by atoms with Gasteiger partial charge in [0.15, 0.2) is 0 Å². The number of carbonyl (C=O) groups is 1. The van der Waals surface area contributed by atoms with Crippen LogP contribution in [0.4, 0.5) is 0 Å². The molecule has 0 heterocycles. The molecule has 8 nitrogen and oxygen atoms in total. The third-order valence-electron chi connectivity index (χ3n) is 2.57. The molecule has 25 heavy (non-hydrogen) atoms. The van der Waals surface area contributed by atoms with Gasteiger partial charge in [0.2, 0.25) is 0 Å². The summed E-state index contributed by atoms with van der Waals surface area (Å²) in [6.07, 6.45) is 0.262. The second-order valence-electron chi connectivity index (χ2n) is 4.58. The van der Waals surface area contributed by atoms with Crippen molar-refractivity contribution in [3.8, 4) is 6.07 Å². The fourth-order valence-electron chi connectivity index (χ4n) is 1.32. The summed E-state index contributed by atoms with van der Waals surface area (Å²) in [4.78, 5) is 10.8. The molecule has 0 bridgehead atoms. The molecule has 1 aromatic rings. The number of ether oxygens (including phenoxy) is 1. The van der Waals surface area contributed by atoms with Crippen LogP contribution in [-0.2, 0) is 19.6 Å². The predicted octanol–water partition coefficient (Wildman–Crippen LogP) is 1.52. The predicted molar refractivity (Wildman–Crippen MR) is 95.7 cm³/mol. The van der Waals surface area contributed by atoms with E-state index in [0.717, 1.165) is 5.56 Å². The maximum atomic E-state index is 10.9. The molecule has 0 aliphatic rings. The molecule has 0 fully saturated rings. The molecule has 0 saturated carbocycles. The van der Waals surface area contributed by atoms with Gasteiger partial charge >= 0.3 is 5.97 Å². The third-order valence-corrected chi connectivity index (χ3v) is 4.38. The lowest BCUT2D eigenvalue weighted by Crippen LogP contribution is -2.08. The van der Waals surface area contributed by atoms with Crippen LogP contribution in [-0.4, -0.2) is 31.3 Å². The molecule has 0 spiro atoms. The zero-order chi connectivity index (χ0) is 19.5. The summed E-state index contributed by atoms with van der Waals surface area (Å²) < 4.78 is 34.3. The topological polar surface area (TPSA) is 156 Å². The summed E-state index contributed by atoms with van der Waals surface area (Å²) in [5.41, 5.74) is 11.6. The van der Waals surface area contributed by atoms with Crippen molar-refractivity contribution in [2.45, 2.75) is 25.2 Å². The maximum Gasteiger partial charge on any atom is 0.306 e. The van der Waals surface area contributed by atoms with Crippen molar-refractivity contribution in [2.24, 2.45) is 11.5 Å². The van der Waals surface area contributed by atoms with E-state index in [1.165, 1.54) is 23.9 Å². The van der Waals surface area contributed by atoms with Crippen molar-refractivity contribution in [2.75, 3.05) is 12.4 Å². The Balaban J connectivity index is 0.000000472. The molecule has 0 unspecified atom stereocenters. The molecular formula is C15H21N3O5S2. The number of rotatable bonds is 6. The van der Waals surface area contributed by atoms with E-state index in [1.807, 2.05) is 6.92 Å². The Hall–Kier alpha value is -2.22. The summed E-state index contributed by atoms with van der Waals surface area (Å²) in [7, 11) is -4.02. The average Bonchev–Trinajstić information content (AvgIpc) is 2.54. The highest BCUT2D eigenvalue weighted by Gasteiger charge is 2.07. The summed E-state index contributed by atoms with van der Waals surface area (Å²) in [6, 6.07) is 7.71.